The summed E-state index contributed by atoms with van der Waals surface area (Å²) in [6.45, 7) is 10.5. The number of nitrogens with zero attached hydrogens (tertiary/aromatic N) is 5. The van der Waals surface area contributed by atoms with Crippen molar-refractivity contribution in [2.75, 3.05) is 14.1 Å². The van der Waals surface area contributed by atoms with Gasteiger partial charge in [0.05, 0.1) is 6.04 Å². The number of aromatic nitrogens is 1. The summed E-state index contributed by atoms with van der Waals surface area (Å²) in [5.41, 5.74) is 8.95. The van der Waals surface area contributed by atoms with Gasteiger partial charge in [0, 0.05) is 4.91 Å². The first-order valence-corrected chi connectivity index (χ1v) is 15.1. The summed E-state index contributed by atoms with van der Waals surface area (Å²) < 4.78 is 18.7. The average molecular weight is 524 g/mol. The zero-order chi connectivity index (χ0) is 27.2. The molecule has 1 heterocycles. The van der Waals surface area contributed by atoms with E-state index in [-0.39, 0.29) is 28.8 Å². The number of ketones is 2. The molecule has 0 saturated heterocycles. The summed E-state index contributed by atoms with van der Waals surface area (Å²) in [6.07, 6.45) is 2.84. The van der Waals surface area contributed by atoms with Gasteiger partial charge in [-0.25, -0.2) is 0 Å². The summed E-state index contributed by atoms with van der Waals surface area (Å²) >= 11 is 0. The van der Waals surface area contributed by atoms with Gasteiger partial charge in [0.15, 0.2) is 25.6 Å². The van der Waals surface area contributed by atoms with Gasteiger partial charge in [-0.15, -0.1) is 0 Å². The Morgan fingerprint density at radius 2 is 1.89 bits per heavy atom. The monoisotopic (exact) mass is 523 g/mol. The van der Waals surface area contributed by atoms with E-state index < -0.39 is 43.5 Å². The molecule has 2 aromatic rings. The molecule has 0 N–H and O–H groups in total. The molecule has 0 saturated carbocycles. The van der Waals surface area contributed by atoms with Crippen molar-refractivity contribution < 1.29 is 23.3 Å². The second-order valence-corrected chi connectivity index (χ2v) is 16.0. The lowest BCUT2D eigenvalue weighted by atomic mass is 9.63. The first kappa shape index (κ1) is 26.8. The van der Waals surface area contributed by atoms with E-state index in [1.807, 2.05) is 48.3 Å². The van der Waals surface area contributed by atoms with Crippen molar-refractivity contribution in [3.63, 3.8) is 0 Å². The third-order valence-corrected chi connectivity index (χ3v) is 12.1. The van der Waals surface area contributed by atoms with Crippen LogP contribution in [0.1, 0.15) is 48.5 Å². The molecular formula is C26H33N5O5Si. The number of allylic oxidation sites excluding steroid dienone is 1. The molecule has 0 amide bonds. The fourth-order valence-electron chi connectivity index (χ4n) is 4.95. The number of carbonyl (C=O) groups excluding carboxylic acids is 2. The minimum atomic E-state index is -2.64. The van der Waals surface area contributed by atoms with E-state index in [0.29, 0.717) is 0 Å². The second-order valence-electron chi connectivity index (χ2n) is 11.3. The third kappa shape index (κ3) is 4.42. The standard InChI is InChI=1S/C26H33N5O5Si/c1-25(2,3)37(6,7)36-26-18(28-30-27)14-13-17(32)20(26)21(33)19-22(23(26)31(4)5)35-29-24(19)34-15-16-11-9-8-10-12-16/h8-14,18,20,23H,15H2,1-7H3/t18-,20-,23-,26+/m0/s1. The highest BCUT2D eigenvalue weighted by molar-refractivity contribution is 6.74. The molecule has 0 fully saturated rings. The number of Topliss-reactive ketones (excluding diaryl/α,β-unsaturated/α-hetero) is 1. The van der Waals surface area contributed by atoms with E-state index in [0.717, 1.165) is 5.56 Å². The topological polar surface area (TPSA) is 131 Å². The molecule has 4 rings (SSSR count). The molecule has 0 radical (unpaired) electrons. The molecule has 1 aromatic heterocycles. The van der Waals surface area contributed by atoms with Crippen LogP contribution in [0.2, 0.25) is 18.1 Å². The smallest absolute Gasteiger partial charge is 0.265 e. The Bertz CT molecular complexity index is 1280. The zero-order valence-corrected chi connectivity index (χ0v) is 23.3. The van der Waals surface area contributed by atoms with Gasteiger partial charge in [0.2, 0.25) is 0 Å². The summed E-state index contributed by atoms with van der Waals surface area (Å²) in [5.74, 6) is -1.93. The Hall–Kier alpha value is -3.24. The normalized spacial score (nSPS) is 25.5. The molecule has 2 aliphatic rings. The van der Waals surface area contributed by atoms with Crippen molar-refractivity contribution in [3.05, 3.63) is 69.8 Å². The molecule has 10 nitrogen and oxygen atoms in total. The van der Waals surface area contributed by atoms with Gasteiger partial charge >= 0.3 is 0 Å². The Morgan fingerprint density at radius 3 is 2.49 bits per heavy atom. The number of carbonyl (C=O) groups is 2. The van der Waals surface area contributed by atoms with Gasteiger partial charge in [-0.2, -0.15) is 0 Å². The highest BCUT2D eigenvalue weighted by Crippen LogP contribution is 2.56. The molecule has 196 valence electrons. The largest absolute Gasteiger partial charge is 0.470 e. The van der Waals surface area contributed by atoms with Crippen molar-refractivity contribution in [3.8, 4) is 5.88 Å². The predicted octanol–water partition coefficient (Wildman–Crippen LogP) is 5.25. The first-order valence-electron chi connectivity index (χ1n) is 12.2. The van der Waals surface area contributed by atoms with Crippen LogP contribution in [0, 0.1) is 5.92 Å². The molecule has 0 spiro atoms. The number of likely N-dealkylation sites (N-methyl/N-ethyl adjacent to an activating group) is 1. The van der Waals surface area contributed by atoms with Crippen LogP contribution >= 0.6 is 0 Å². The highest BCUT2D eigenvalue weighted by atomic mass is 28.4. The maximum Gasteiger partial charge on any atom is 0.265 e. The van der Waals surface area contributed by atoms with Crippen molar-refractivity contribution in [1.29, 1.82) is 0 Å². The Balaban J connectivity index is 1.92. The van der Waals surface area contributed by atoms with Crippen LogP contribution in [0.4, 0.5) is 0 Å². The van der Waals surface area contributed by atoms with Crippen molar-refractivity contribution in [2.45, 2.75) is 63.2 Å². The Labute approximate surface area is 217 Å². The number of hydrogen-bond donors (Lipinski definition) is 0. The lowest BCUT2D eigenvalue weighted by molar-refractivity contribution is -0.134. The molecule has 2 aliphatic carbocycles. The van der Waals surface area contributed by atoms with Gasteiger partial charge in [0.1, 0.15) is 29.7 Å². The first-order chi connectivity index (χ1) is 17.3. The van der Waals surface area contributed by atoms with Gasteiger partial charge in [-0.05, 0) is 54.6 Å². The molecule has 37 heavy (non-hydrogen) atoms. The van der Waals surface area contributed by atoms with Crippen LogP contribution in [0.3, 0.4) is 0 Å². The lowest BCUT2D eigenvalue weighted by Gasteiger charge is -2.56. The summed E-state index contributed by atoms with van der Waals surface area (Å²) in [7, 11) is 0.970. The van der Waals surface area contributed by atoms with Crippen LogP contribution in [0.5, 0.6) is 5.88 Å². The maximum atomic E-state index is 14.2. The lowest BCUT2D eigenvalue weighted by Crippen LogP contribution is -2.68. The van der Waals surface area contributed by atoms with Crippen LogP contribution < -0.4 is 4.74 Å². The minimum Gasteiger partial charge on any atom is -0.470 e. The molecule has 1 aromatic carbocycles. The number of benzene rings is 1. The molecule has 0 bridgehead atoms. The van der Waals surface area contributed by atoms with Crippen LogP contribution in [-0.4, -0.2) is 55.7 Å². The van der Waals surface area contributed by atoms with E-state index >= 15 is 0 Å². The van der Waals surface area contributed by atoms with Crippen LogP contribution in [0.25, 0.3) is 10.4 Å². The second kappa shape index (κ2) is 9.57. The molecule has 0 unspecified atom stereocenters. The number of hydrogen-bond acceptors (Lipinski definition) is 8. The average Bonchev–Trinajstić information content (AvgIpc) is 3.23. The SMILES string of the molecule is CN(C)[C@H]1c2onc(OCc3ccccc3)c2C(=O)[C@@H]2C(=O)C=C[C@H](N=[N+]=[N-])[C@@]21O[Si](C)(C)C(C)(C)C. The molecule has 4 atom stereocenters. The summed E-state index contributed by atoms with van der Waals surface area (Å²) in [5, 5.41) is 7.87. The summed E-state index contributed by atoms with van der Waals surface area (Å²) in [6, 6.07) is 7.78. The number of fused-ring (bicyclic) bond motifs is 2. The van der Waals surface area contributed by atoms with Gasteiger partial charge < -0.3 is 13.7 Å². The van der Waals surface area contributed by atoms with Crippen LogP contribution in [0.15, 0.2) is 52.1 Å². The van der Waals surface area contributed by atoms with E-state index in [1.165, 1.54) is 12.2 Å². The Morgan fingerprint density at radius 1 is 1.22 bits per heavy atom. The van der Waals surface area contributed by atoms with Crippen molar-refractivity contribution in [2.24, 2.45) is 11.0 Å². The van der Waals surface area contributed by atoms with Gasteiger partial charge in [-0.3, -0.25) is 14.5 Å². The number of azide groups is 1. The maximum absolute atomic E-state index is 14.2. The molecule has 0 aliphatic heterocycles. The highest BCUT2D eigenvalue weighted by Gasteiger charge is 2.67. The van der Waals surface area contributed by atoms with E-state index in [9.17, 15) is 15.1 Å². The quantitative estimate of drug-likeness (QED) is 0.159. The van der Waals surface area contributed by atoms with Gasteiger partial charge in [-0.1, -0.05) is 62.3 Å². The van der Waals surface area contributed by atoms with E-state index in [4.69, 9.17) is 13.7 Å². The third-order valence-electron chi connectivity index (χ3n) is 7.66. The summed E-state index contributed by atoms with van der Waals surface area (Å²) in [4.78, 5) is 32.5. The zero-order valence-electron chi connectivity index (χ0n) is 22.3. The molecular weight excluding hydrogens is 490 g/mol. The fraction of sp³-hybridized carbons (Fsp3) is 0.500. The predicted molar refractivity (Wildman–Crippen MR) is 140 cm³/mol. The van der Waals surface area contributed by atoms with Crippen molar-refractivity contribution >= 4 is 19.9 Å². The van der Waals surface area contributed by atoms with Crippen LogP contribution in [-0.2, 0) is 15.8 Å². The van der Waals surface area contributed by atoms with E-state index in [2.05, 4.69) is 36.0 Å². The number of ether oxygens (including phenoxy) is 1. The molecule has 11 heteroatoms. The Kier molecular flexibility index (Phi) is 6.93. The van der Waals surface area contributed by atoms with Gasteiger partial charge in [0.25, 0.3) is 5.88 Å². The fourth-order valence-corrected chi connectivity index (χ4v) is 6.49. The van der Waals surface area contributed by atoms with E-state index in [1.54, 1.807) is 14.1 Å². The van der Waals surface area contributed by atoms with Crippen molar-refractivity contribution in [1.82, 2.24) is 10.1 Å². The number of rotatable bonds is 7. The minimum absolute atomic E-state index is 0.0271.